The highest BCUT2D eigenvalue weighted by Crippen LogP contribution is 2.46. The van der Waals surface area contributed by atoms with Crippen LogP contribution in [0, 0.1) is 10.8 Å². The van der Waals surface area contributed by atoms with Gasteiger partial charge < -0.3 is 28.8 Å². The van der Waals surface area contributed by atoms with Crippen molar-refractivity contribution in [3.05, 3.63) is 71.8 Å². The first-order valence-corrected chi connectivity index (χ1v) is 23.8. The molecule has 2 heterocycles. The highest BCUT2D eigenvalue weighted by Gasteiger charge is 2.61. The molecule has 2 fully saturated rings. The largest absolute Gasteiger partial charge is 0.459 e. The van der Waals surface area contributed by atoms with Gasteiger partial charge in [-0.15, -0.1) is 0 Å². The van der Waals surface area contributed by atoms with E-state index in [-0.39, 0.29) is 56.1 Å². The first-order chi connectivity index (χ1) is 27.1. The Morgan fingerprint density at radius 1 is 0.712 bits per heavy atom. The third-order valence-corrected chi connectivity index (χ3v) is 16.3. The molecular weight excluding hydrogens is 775 g/mol. The Kier molecular flexibility index (Phi) is 16.3. The van der Waals surface area contributed by atoms with Crippen molar-refractivity contribution < 1.29 is 47.0 Å². The topological polar surface area (TPSA) is 123 Å². The predicted molar refractivity (Wildman–Crippen MR) is 228 cm³/mol. The molecule has 0 saturated carbocycles. The average molecular weight is 845 g/mol. The molecule has 2 saturated heterocycles. The Hall–Kier alpha value is -3.68. The zero-order valence-electron chi connectivity index (χ0n) is 37.7. The number of hydrogen-bond acceptors (Lipinski definition) is 8. The number of likely N-dealkylation sites (tertiary alicyclic amines) is 2. The molecule has 2 aliphatic heterocycles. The van der Waals surface area contributed by atoms with E-state index in [4.69, 9.17) is 13.9 Å². The Balaban J connectivity index is 0.000000324. The molecule has 0 spiro atoms. The standard InChI is InChI=1S/C26H42FNO4Si.C20H28FNO4/c1-19(20-14-11-10-12-15-20)28-18-26(21(27)22(28)29,23(30)32-24(2,3)4)16-13-17-31-33(8,9)25(5,6)7;1-14(15-9-6-5-7-10-15)22-13-20(11-8-12-23,16(21)17(22)24)18(25)26-19(2,3)4/h10-12,14-15,19,21H,13,16-18H2,1-9H3;5-7,9-10,14,16,23H,8,11-13H2,1-4H3/t19-,21?,26-;14-,16?,20-/m11/s1. The first kappa shape index (κ1) is 49.7. The van der Waals surface area contributed by atoms with Gasteiger partial charge in [-0.1, -0.05) is 81.4 Å². The van der Waals surface area contributed by atoms with E-state index in [0.717, 1.165) is 11.1 Å². The molecule has 2 aromatic carbocycles. The lowest BCUT2D eigenvalue weighted by molar-refractivity contribution is -0.172. The molecule has 0 aromatic heterocycles. The molecule has 0 bridgehead atoms. The van der Waals surface area contributed by atoms with Crippen LogP contribution in [0.25, 0.3) is 0 Å². The molecule has 2 amide bonds. The fraction of sp³-hybridized carbons (Fsp3) is 0.652. The maximum atomic E-state index is 15.7. The minimum absolute atomic E-state index is 0.00192. The molecule has 4 rings (SSSR count). The van der Waals surface area contributed by atoms with Gasteiger partial charge in [0.05, 0.1) is 12.1 Å². The van der Waals surface area contributed by atoms with Crippen LogP contribution in [0.5, 0.6) is 0 Å². The van der Waals surface area contributed by atoms with Crippen LogP contribution in [-0.4, -0.2) is 96.8 Å². The van der Waals surface area contributed by atoms with Gasteiger partial charge in [0.1, 0.15) is 22.0 Å². The van der Waals surface area contributed by atoms with E-state index in [1.54, 1.807) is 41.5 Å². The summed E-state index contributed by atoms with van der Waals surface area (Å²) < 4.78 is 48.2. The highest BCUT2D eigenvalue weighted by atomic mass is 28.4. The summed E-state index contributed by atoms with van der Waals surface area (Å²) in [6.07, 6.45) is -2.96. The Bertz CT molecular complexity index is 1730. The van der Waals surface area contributed by atoms with Crippen molar-refractivity contribution in [2.75, 3.05) is 26.3 Å². The molecule has 0 radical (unpaired) electrons. The van der Waals surface area contributed by atoms with Gasteiger partial charge in [-0.05, 0) is 110 Å². The molecule has 10 nitrogen and oxygen atoms in total. The number of rotatable bonds is 14. The lowest BCUT2D eigenvalue weighted by Gasteiger charge is -2.37. The quantitative estimate of drug-likeness (QED) is 0.114. The van der Waals surface area contributed by atoms with Crippen molar-refractivity contribution in [2.45, 2.75) is 156 Å². The summed E-state index contributed by atoms with van der Waals surface area (Å²) >= 11 is 0. The monoisotopic (exact) mass is 844 g/mol. The number of alkyl halides is 2. The van der Waals surface area contributed by atoms with Crippen LogP contribution < -0.4 is 0 Å². The zero-order chi connectivity index (χ0) is 44.8. The van der Waals surface area contributed by atoms with Crippen LogP contribution >= 0.6 is 0 Å². The van der Waals surface area contributed by atoms with Gasteiger partial charge in [-0.2, -0.15) is 0 Å². The van der Waals surface area contributed by atoms with E-state index in [1.807, 2.05) is 74.5 Å². The maximum Gasteiger partial charge on any atom is 0.317 e. The molecule has 6 atom stereocenters. The number of esters is 2. The molecule has 1 N–H and O–H groups in total. The van der Waals surface area contributed by atoms with Crippen molar-refractivity contribution >= 4 is 32.1 Å². The molecule has 0 aliphatic carbocycles. The van der Waals surface area contributed by atoms with Crippen molar-refractivity contribution in [1.29, 1.82) is 0 Å². The fourth-order valence-corrected chi connectivity index (χ4v) is 8.29. The second-order valence-electron chi connectivity index (χ2n) is 19.7. The average Bonchev–Trinajstić information content (AvgIpc) is 3.56. The van der Waals surface area contributed by atoms with Crippen molar-refractivity contribution in [1.82, 2.24) is 9.80 Å². The second kappa shape index (κ2) is 19.4. The number of aliphatic hydroxyl groups excluding tert-OH is 1. The predicted octanol–water partition coefficient (Wildman–Crippen LogP) is 9.09. The number of ether oxygens (including phenoxy) is 2. The number of nitrogens with zero attached hydrogens (tertiary/aromatic N) is 2. The van der Waals surface area contributed by atoms with Gasteiger partial charge in [0.25, 0.3) is 11.8 Å². The third kappa shape index (κ3) is 12.0. The molecule has 59 heavy (non-hydrogen) atoms. The molecule has 2 aromatic rings. The Morgan fingerprint density at radius 3 is 1.39 bits per heavy atom. The molecule has 2 unspecified atom stereocenters. The smallest absolute Gasteiger partial charge is 0.317 e. The van der Waals surface area contributed by atoms with E-state index in [0.29, 0.717) is 13.0 Å². The van der Waals surface area contributed by atoms with E-state index in [2.05, 4.69) is 33.9 Å². The van der Waals surface area contributed by atoms with Crippen molar-refractivity contribution in [3.63, 3.8) is 0 Å². The summed E-state index contributed by atoms with van der Waals surface area (Å²) in [5.74, 6) is -2.72. The van der Waals surface area contributed by atoms with Crippen LogP contribution in [-0.2, 0) is 33.1 Å². The van der Waals surface area contributed by atoms with Gasteiger partial charge in [-0.25, -0.2) is 8.78 Å². The third-order valence-electron chi connectivity index (χ3n) is 11.8. The summed E-state index contributed by atoms with van der Waals surface area (Å²) in [5, 5.41) is 9.25. The Morgan fingerprint density at radius 2 is 1.07 bits per heavy atom. The van der Waals surface area contributed by atoms with Gasteiger partial charge >= 0.3 is 11.9 Å². The van der Waals surface area contributed by atoms with E-state index in [9.17, 15) is 24.3 Å². The minimum atomic E-state index is -1.98. The lowest BCUT2D eigenvalue weighted by Crippen LogP contribution is -2.45. The summed E-state index contributed by atoms with van der Waals surface area (Å²) in [7, 11) is -1.96. The lowest BCUT2D eigenvalue weighted by atomic mass is 9.80. The number of benzene rings is 2. The summed E-state index contributed by atoms with van der Waals surface area (Å²) in [6, 6.07) is 18.1. The van der Waals surface area contributed by atoms with E-state index >= 15 is 8.78 Å². The number of halogens is 2. The normalized spacial score (nSPS) is 23.7. The Labute approximate surface area is 352 Å². The highest BCUT2D eigenvalue weighted by molar-refractivity contribution is 6.74. The second-order valence-corrected chi connectivity index (χ2v) is 24.5. The van der Waals surface area contributed by atoms with Crippen LogP contribution in [0.4, 0.5) is 8.78 Å². The van der Waals surface area contributed by atoms with Crippen LogP contribution in [0.1, 0.15) is 125 Å². The van der Waals surface area contributed by atoms with Crippen molar-refractivity contribution in [3.8, 4) is 0 Å². The molecule has 13 heteroatoms. The number of hydrogen-bond donors (Lipinski definition) is 1. The van der Waals surface area contributed by atoms with Gasteiger partial charge in [0, 0.05) is 26.3 Å². The maximum absolute atomic E-state index is 15.7. The molecular formula is C46H70F2N2O8Si. The number of carbonyl (C=O) groups is 4. The fourth-order valence-electron chi connectivity index (χ4n) is 7.20. The molecule has 330 valence electrons. The van der Waals surface area contributed by atoms with Crippen LogP contribution in [0.3, 0.4) is 0 Å². The van der Waals surface area contributed by atoms with Crippen LogP contribution in [0.2, 0.25) is 18.1 Å². The van der Waals surface area contributed by atoms with E-state index < -0.39 is 66.4 Å². The zero-order valence-corrected chi connectivity index (χ0v) is 38.7. The van der Waals surface area contributed by atoms with Gasteiger partial charge in [-0.3, -0.25) is 19.2 Å². The number of aliphatic hydroxyl groups is 1. The summed E-state index contributed by atoms with van der Waals surface area (Å²) in [5.41, 5.74) is -2.91. The molecule has 2 aliphatic rings. The number of amides is 2. The number of carbonyl (C=O) groups excluding carboxylic acids is 4. The van der Waals surface area contributed by atoms with Gasteiger partial charge in [0.15, 0.2) is 20.7 Å². The van der Waals surface area contributed by atoms with Crippen LogP contribution in [0.15, 0.2) is 60.7 Å². The first-order valence-electron chi connectivity index (χ1n) is 20.8. The van der Waals surface area contributed by atoms with Gasteiger partial charge in [0.2, 0.25) is 0 Å². The van der Waals surface area contributed by atoms with E-state index in [1.165, 1.54) is 9.80 Å². The summed E-state index contributed by atoms with van der Waals surface area (Å²) in [4.78, 5) is 54.7. The van der Waals surface area contributed by atoms with Crippen molar-refractivity contribution in [2.24, 2.45) is 10.8 Å². The SMILES string of the molecule is C[C@H](c1ccccc1)N1C[C@@](CCCO)(C(=O)OC(C)(C)C)C(F)C1=O.C[C@H](c1ccccc1)N1C[C@@](CCCO[Si](C)(C)C(C)(C)C)(C(=O)OC(C)(C)C)C(F)C1=O. The minimum Gasteiger partial charge on any atom is -0.459 e. The summed E-state index contributed by atoms with van der Waals surface area (Å²) in [6.45, 7) is 25.1.